The molecule has 0 atom stereocenters. The van der Waals surface area contributed by atoms with Gasteiger partial charge in [-0.05, 0) is 30.5 Å². The zero-order valence-corrected chi connectivity index (χ0v) is 17.3. The van der Waals surface area contributed by atoms with Gasteiger partial charge in [0.05, 0.1) is 28.9 Å². The van der Waals surface area contributed by atoms with Crippen molar-refractivity contribution < 1.29 is 18.0 Å². The van der Waals surface area contributed by atoms with Crippen molar-refractivity contribution in [3.05, 3.63) is 47.4 Å². The largest absolute Gasteiger partial charge is 0.424 e. The summed E-state index contributed by atoms with van der Waals surface area (Å²) >= 11 is 1.43. The minimum Gasteiger partial charge on any atom is -0.424 e. The van der Waals surface area contributed by atoms with Crippen LogP contribution in [0.2, 0.25) is 0 Å². The Labute approximate surface area is 183 Å². The molecule has 0 bridgehead atoms. The normalized spacial score (nSPS) is 14.6. The average molecular weight is 455 g/mol. The molecule has 1 fully saturated rings. The molecule has 5 rings (SSSR count). The Morgan fingerprint density at radius 2 is 2.12 bits per heavy atom. The Balaban J connectivity index is 1.27. The summed E-state index contributed by atoms with van der Waals surface area (Å²) in [6.45, 7) is -2.69. The molecule has 162 valence electrons. The first-order valence-corrected chi connectivity index (χ1v) is 10.5. The van der Waals surface area contributed by atoms with E-state index in [9.17, 15) is 13.6 Å². The summed E-state index contributed by atoms with van der Waals surface area (Å²) in [6.07, 6.45) is 4.20. The Kier molecular flexibility index (Phi) is 4.90. The molecule has 1 saturated carbocycles. The first kappa shape index (κ1) is 20.2. The van der Waals surface area contributed by atoms with Crippen LogP contribution < -0.4 is 5.32 Å². The van der Waals surface area contributed by atoms with Crippen LogP contribution in [0, 0.1) is 11.3 Å². The van der Waals surface area contributed by atoms with Gasteiger partial charge in [0.1, 0.15) is 17.0 Å². The number of benzene rings is 1. The van der Waals surface area contributed by atoms with Crippen molar-refractivity contribution in [2.24, 2.45) is 0 Å². The van der Waals surface area contributed by atoms with Crippen molar-refractivity contribution in [2.45, 2.75) is 37.8 Å². The van der Waals surface area contributed by atoms with Gasteiger partial charge in [-0.1, -0.05) is 6.07 Å². The van der Waals surface area contributed by atoms with Crippen molar-refractivity contribution >= 4 is 27.5 Å². The first-order chi connectivity index (χ1) is 15.4. The molecule has 1 amide bonds. The molecule has 0 radical (unpaired) electrons. The third-order valence-corrected chi connectivity index (χ3v) is 6.05. The van der Waals surface area contributed by atoms with Crippen molar-refractivity contribution in [2.75, 3.05) is 0 Å². The molecular formula is C20H15F2N7O2S. The second-order valence-electron chi connectivity index (χ2n) is 7.46. The molecule has 1 aliphatic rings. The SMILES string of the molecule is N#CC1(NC(=O)Cc2nnc(Cc3nc4ccc(-c5cnn(C(F)F)c5)cc4s3)o2)CC1. The van der Waals surface area contributed by atoms with E-state index in [1.807, 2.05) is 12.1 Å². The monoisotopic (exact) mass is 455 g/mol. The van der Waals surface area contributed by atoms with Gasteiger partial charge >= 0.3 is 6.55 Å². The van der Waals surface area contributed by atoms with Crippen molar-refractivity contribution in [3.63, 3.8) is 0 Å². The maximum Gasteiger partial charge on any atom is 0.333 e. The van der Waals surface area contributed by atoms with Gasteiger partial charge in [-0.25, -0.2) is 9.67 Å². The van der Waals surface area contributed by atoms with E-state index in [0.29, 0.717) is 35.4 Å². The van der Waals surface area contributed by atoms with Gasteiger partial charge in [-0.2, -0.15) is 19.1 Å². The maximum atomic E-state index is 12.8. The molecule has 1 N–H and O–H groups in total. The van der Waals surface area contributed by atoms with Crippen molar-refractivity contribution in [3.8, 4) is 17.2 Å². The van der Waals surface area contributed by atoms with Crippen LogP contribution in [0.3, 0.4) is 0 Å². The summed E-state index contributed by atoms with van der Waals surface area (Å²) < 4.78 is 32.6. The lowest BCUT2D eigenvalue weighted by molar-refractivity contribution is -0.121. The molecule has 9 nitrogen and oxygen atoms in total. The van der Waals surface area contributed by atoms with Gasteiger partial charge in [-0.15, -0.1) is 21.5 Å². The number of rotatable bonds is 7. The standard InChI is InChI=1S/C20H15F2N7O2S/c21-19(22)29-9-12(8-24-29)11-1-2-13-14(5-11)32-18(25-13)7-17-28-27-16(31-17)6-15(30)26-20(10-23)3-4-20/h1-2,5,8-9,19H,3-4,6-7H2,(H,26,30). The summed E-state index contributed by atoms with van der Waals surface area (Å²) in [5, 5.41) is 24.0. The highest BCUT2D eigenvalue weighted by Gasteiger charge is 2.44. The molecule has 0 unspecified atom stereocenters. The maximum absolute atomic E-state index is 12.8. The number of nitrogens with zero attached hydrogens (tertiary/aromatic N) is 6. The number of nitriles is 1. The lowest BCUT2D eigenvalue weighted by Gasteiger charge is -2.06. The quantitative estimate of drug-likeness (QED) is 0.454. The van der Waals surface area contributed by atoms with E-state index >= 15 is 0 Å². The van der Waals surface area contributed by atoms with E-state index in [1.54, 1.807) is 6.07 Å². The topological polar surface area (TPSA) is 123 Å². The van der Waals surface area contributed by atoms with E-state index in [-0.39, 0.29) is 18.2 Å². The van der Waals surface area contributed by atoms with Crippen molar-refractivity contribution in [1.29, 1.82) is 5.26 Å². The Hall–Kier alpha value is -3.72. The van der Waals surface area contributed by atoms with Crippen LogP contribution in [0.5, 0.6) is 0 Å². The fourth-order valence-electron chi connectivity index (χ4n) is 3.22. The predicted octanol–water partition coefficient (Wildman–Crippen LogP) is 3.24. The molecule has 3 aromatic heterocycles. The van der Waals surface area contributed by atoms with Gasteiger partial charge < -0.3 is 9.73 Å². The second kappa shape index (κ2) is 7.76. The summed E-state index contributed by atoms with van der Waals surface area (Å²) in [6, 6.07) is 7.59. The van der Waals surface area contributed by atoms with E-state index in [2.05, 4.69) is 31.7 Å². The number of amides is 1. The van der Waals surface area contributed by atoms with E-state index < -0.39 is 12.1 Å². The highest BCUT2D eigenvalue weighted by atomic mass is 32.1. The lowest BCUT2D eigenvalue weighted by Crippen LogP contribution is -2.36. The van der Waals surface area contributed by atoms with Gasteiger partial charge in [0.25, 0.3) is 0 Å². The zero-order valence-electron chi connectivity index (χ0n) is 16.5. The summed E-state index contributed by atoms with van der Waals surface area (Å²) in [5.41, 5.74) is 1.38. The number of carbonyl (C=O) groups excluding carboxylic acids is 1. The fraction of sp³-hybridized carbons (Fsp3) is 0.300. The van der Waals surface area contributed by atoms with Crippen LogP contribution >= 0.6 is 11.3 Å². The molecule has 12 heteroatoms. The Bertz CT molecular complexity index is 1350. The smallest absolute Gasteiger partial charge is 0.333 e. The highest BCUT2D eigenvalue weighted by Crippen LogP contribution is 2.34. The molecule has 4 aromatic rings. The van der Waals surface area contributed by atoms with E-state index in [0.717, 1.165) is 20.8 Å². The fourth-order valence-corrected chi connectivity index (χ4v) is 4.22. The number of thiazole rings is 1. The van der Waals surface area contributed by atoms with Crippen LogP contribution in [0.25, 0.3) is 21.3 Å². The van der Waals surface area contributed by atoms with Crippen LogP contribution in [0.1, 0.15) is 36.2 Å². The van der Waals surface area contributed by atoms with Gasteiger partial charge in [-0.3, -0.25) is 4.79 Å². The number of alkyl halides is 2. The summed E-state index contributed by atoms with van der Waals surface area (Å²) in [5.74, 6) is 0.166. The van der Waals surface area contributed by atoms with Crippen LogP contribution in [0.15, 0.2) is 35.0 Å². The minimum absolute atomic E-state index is 0.0913. The molecule has 0 aliphatic heterocycles. The van der Waals surface area contributed by atoms with E-state index in [4.69, 9.17) is 9.68 Å². The molecular weight excluding hydrogens is 440 g/mol. The van der Waals surface area contributed by atoms with Crippen LogP contribution in [-0.4, -0.2) is 36.4 Å². The number of hydrogen-bond donors (Lipinski definition) is 1. The summed E-state index contributed by atoms with van der Waals surface area (Å²) in [4.78, 5) is 16.6. The molecule has 0 saturated heterocycles. The molecule has 3 heterocycles. The first-order valence-electron chi connectivity index (χ1n) is 9.69. The number of carbonyl (C=O) groups is 1. The second-order valence-corrected chi connectivity index (χ2v) is 8.58. The average Bonchev–Trinajstić information content (AvgIpc) is 3.15. The van der Waals surface area contributed by atoms with Crippen LogP contribution in [-0.2, 0) is 17.6 Å². The molecule has 1 aromatic carbocycles. The Morgan fingerprint density at radius 3 is 2.84 bits per heavy atom. The Morgan fingerprint density at radius 1 is 1.31 bits per heavy atom. The predicted molar refractivity (Wildman–Crippen MR) is 109 cm³/mol. The number of halogens is 2. The zero-order chi connectivity index (χ0) is 22.3. The minimum atomic E-state index is -2.69. The summed E-state index contributed by atoms with van der Waals surface area (Å²) in [7, 11) is 0. The van der Waals surface area contributed by atoms with Crippen molar-refractivity contribution in [1.82, 2.24) is 30.3 Å². The van der Waals surface area contributed by atoms with Gasteiger partial charge in [0, 0.05) is 11.8 Å². The van der Waals surface area contributed by atoms with Gasteiger partial charge in [0.2, 0.25) is 17.7 Å². The number of fused-ring (bicyclic) bond motifs is 1. The molecule has 32 heavy (non-hydrogen) atoms. The lowest BCUT2D eigenvalue weighted by atomic mass is 10.1. The third kappa shape index (κ3) is 4.06. The molecule has 1 aliphatic carbocycles. The number of nitrogens with one attached hydrogen (secondary N) is 1. The number of aromatic nitrogens is 5. The van der Waals surface area contributed by atoms with Crippen LogP contribution in [0.4, 0.5) is 8.78 Å². The highest BCUT2D eigenvalue weighted by molar-refractivity contribution is 7.18. The number of hydrogen-bond acceptors (Lipinski definition) is 8. The third-order valence-electron chi connectivity index (χ3n) is 5.03. The van der Waals surface area contributed by atoms with Gasteiger partial charge in [0.15, 0.2) is 0 Å². The van der Waals surface area contributed by atoms with E-state index in [1.165, 1.54) is 23.7 Å². The molecule has 0 spiro atoms.